The fourth-order valence-electron chi connectivity index (χ4n) is 4.43. The van der Waals surface area contributed by atoms with Crippen molar-refractivity contribution in [2.75, 3.05) is 6.61 Å². The zero-order valence-electron chi connectivity index (χ0n) is 19.9. The van der Waals surface area contributed by atoms with Gasteiger partial charge in [-0.3, -0.25) is 0 Å². The summed E-state index contributed by atoms with van der Waals surface area (Å²) in [5, 5.41) is 1.83. The third-order valence-electron chi connectivity index (χ3n) is 6.10. The SMILES string of the molecule is CCOC(=O)c1nc(P(=O)(c2ccc(F)cc2)c2ccc(F)cc2)c2ccccc2c1-c1ccccc1. The van der Waals surface area contributed by atoms with E-state index in [2.05, 4.69) is 0 Å². The van der Waals surface area contributed by atoms with Crippen molar-refractivity contribution in [3.8, 4) is 11.1 Å². The van der Waals surface area contributed by atoms with Crippen molar-refractivity contribution in [3.05, 3.63) is 120 Å². The fraction of sp³-hybridized carbons (Fsp3) is 0.0667. The molecule has 0 bridgehead atoms. The number of hydrogen-bond donors (Lipinski definition) is 0. The van der Waals surface area contributed by atoms with Crippen LogP contribution in [0.15, 0.2) is 103 Å². The summed E-state index contributed by atoms with van der Waals surface area (Å²) in [6.07, 6.45) is 0. The van der Waals surface area contributed by atoms with Crippen LogP contribution < -0.4 is 16.0 Å². The highest BCUT2D eigenvalue weighted by molar-refractivity contribution is 7.85. The summed E-state index contributed by atoms with van der Waals surface area (Å²) in [5.74, 6) is -1.63. The van der Waals surface area contributed by atoms with Gasteiger partial charge in [-0.05, 0) is 66.4 Å². The first-order valence-electron chi connectivity index (χ1n) is 11.7. The monoisotopic (exact) mass is 513 g/mol. The molecule has 0 atom stereocenters. The summed E-state index contributed by atoms with van der Waals surface area (Å²) in [6.45, 7) is 1.83. The van der Waals surface area contributed by atoms with Crippen LogP contribution >= 0.6 is 7.14 Å². The van der Waals surface area contributed by atoms with E-state index in [1.54, 1.807) is 19.1 Å². The minimum absolute atomic E-state index is 0.0196. The molecule has 0 unspecified atom stereocenters. The average Bonchev–Trinajstić information content (AvgIpc) is 2.93. The van der Waals surface area contributed by atoms with Crippen LogP contribution in [0.3, 0.4) is 0 Å². The standard InChI is InChI=1S/C30H22F2NO3P/c1-2-36-30(34)28-27(20-8-4-3-5-9-20)25-10-6-7-11-26(25)29(33-28)37(35,23-16-12-21(31)13-17-23)24-18-14-22(32)15-19-24/h3-19H,2H2,1H3. The minimum atomic E-state index is -3.81. The van der Waals surface area contributed by atoms with E-state index < -0.39 is 24.7 Å². The van der Waals surface area contributed by atoms with Gasteiger partial charge in [-0.25, -0.2) is 18.6 Å². The highest BCUT2D eigenvalue weighted by Crippen LogP contribution is 2.45. The number of esters is 1. The van der Waals surface area contributed by atoms with Crippen LogP contribution in [0.25, 0.3) is 21.9 Å². The summed E-state index contributed by atoms with van der Waals surface area (Å²) in [4.78, 5) is 18.0. The van der Waals surface area contributed by atoms with Crippen LogP contribution in [-0.4, -0.2) is 17.6 Å². The van der Waals surface area contributed by atoms with Crippen LogP contribution in [0.5, 0.6) is 0 Å². The molecule has 0 amide bonds. The lowest BCUT2D eigenvalue weighted by molar-refractivity contribution is 0.0521. The predicted octanol–water partition coefficient (Wildman–Crippen LogP) is 6.00. The molecule has 0 aliphatic heterocycles. The molecule has 37 heavy (non-hydrogen) atoms. The van der Waals surface area contributed by atoms with Gasteiger partial charge in [0.2, 0.25) is 0 Å². The molecule has 1 aromatic heterocycles. The molecule has 0 saturated heterocycles. The van der Waals surface area contributed by atoms with E-state index in [1.165, 1.54) is 48.5 Å². The lowest BCUT2D eigenvalue weighted by atomic mass is 9.97. The molecule has 184 valence electrons. The molecule has 0 radical (unpaired) electrons. The van der Waals surface area contributed by atoms with Crippen molar-refractivity contribution in [1.29, 1.82) is 0 Å². The first-order valence-corrected chi connectivity index (χ1v) is 13.4. The molecule has 0 fully saturated rings. The van der Waals surface area contributed by atoms with E-state index in [0.717, 1.165) is 5.56 Å². The van der Waals surface area contributed by atoms with Crippen molar-refractivity contribution < 1.29 is 22.9 Å². The Bertz CT molecular complexity index is 1590. The van der Waals surface area contributed by atoms with Crippen LogP contribution in [0.1, 0.15) is 17.4 Å². The van der Waals surface area contributed by atoms with Gasteiger partial charge >= 0.3 is 5.97 Å². The number of aromatic nitrogens is 1. The number of benzene rings is 4. The molecule has 7 heteroatoms. The summed E-state index contributed by atoms with van der Waals surface area (Å²) in [7, 11) is -3.81. The summed E-state index contributed by atoms with van der Waals surface area (Å²) >= 11 is 0. The molecule has 4 nitrogen and oxygen atoms in total. The van der Waals surface area contributed by atoms with E-state index in [-0.39, 0.29) is 17.7 Å². The maximum absolute atomic E-state index is 15.2. The molecule has 5 rings (SSSR count). The number of fused-ring (bicyclic) bond motifs is 1. The quantitative estimate of drug-likeness (QED) is 0.207. The van der Waals surface area contributed by atoms with Crippen LogP contribution in [0.4, 0.5) is 8.78 Å². The number of rotatable bonds is 6. The molecule has 0 saturated carbocycles. The molecular weight excluding hydrogens is 491 g/mol. The Morgan fingerprint density at radius 1 is 0.757 bits per heavy atom. The van der Waals surface area contributed by atoms with Crippen molar-refractivity contribution in [3.63, 3.8) is 0 Å². The van der Waals surface area contributed by atoms with Crippen LogP contribution in [0.2, 0.25) is 0 Å². The fourth-order valence-corrected chi connectivity index (χ4v) is 7.13. The van der Waals surface area contributed by atoms with Crippen LogP contribution in [0, 0.1) is 11.6 Å². The smallest absolute Gasteiger partial charge is 0.357 e. The van der Waals surface area contributed by atoms with Gasteiger partial charge in [0.15, 0.2) is 12.8 Å². The molecule has 0 N–H and O–H groups in total. The predicted molar refractivity (Wildman–Crippen MR) is 142 cm³/mol. The van der Waals surface area contributed by atoms with Gasteiger partial charge in [0.25, 0.3) is 0 Å². The number of halogens is 2. The van der Waals surface area contributed by atoms with Gasteiger partial charge in [-0.1, -0.05) is 54.6 Å². The van der Waals surface area contributed by atoms with E-state index >= 15 is 4.57 Å². The Hall–Kier alpha value is -4.15. The van der Waals surface area contributed by atoms with E-state index in [1.807, 2.05) is 42.5 Å². The topological polar surface area (TPSA) is 56.3 Å². The normalized spacial score (nSPS) is 11.4. The highest BCUT2D eigenvalue weighted by atomic mass is 31.2. The first-order chi connectivity index (χ1) is 17.9. The van der Waals surface area contributed by atoms with E-state index in [4.69, 9.17) is 9.72 Å². The Labute approximate surface area is 212 Å². The first kappa shape index (κ1) is 24.5. The number of nitrogens with zero attached hydrogens (tertiary/aromatic N) is 1. The molecule has 1 heterocycles. The number of carbonyl (C=O) groups is 1. The van der Waals surface area contributed by atoms with Crippen molar-refractivity contribution in [2.45, 2.75) is 6.92 Å². The zero-order chi connectivity index (χ0) is 26.0. The molecule has 0 aliphatic carbocycles. The molecule has 0 spiro atoms. The van der Waals surface area contributed by atoms with E-state index in [9.17, 15) is 13.6 Å². The summed E-state index contributed by atoms with van der Waals surface area (Å²) < 4.78 is 48.3. The number of carbonyl (C=O) groups excluding carboxylic acids is 1. The second-order valence-corrected chi connectivity index (χ2v) is 11.0. The Balaban J connectivity index is 1.92. The maximum atomic E-state index is 15.2. The molecule has 0 aliphatic rings. The van der Waals surface area contributed by atoms with Gasteiger partial charge in [0.05, 0.1) is 6.61 Å². The highest BCUT2D eigenvalue weighted by Gasteiger charge is 2.35. The van der Waals surface area contributed by atoms with Gasteiger partial charge in [0.1, 0.15) is 17.1 Å². The van der Waals surface area contributed by atoms with Crippen molar-refractivity contribution in [1.82, 2.24) is 4.98 Å². The number of pyridine rings is 1. The number of hydrogen-bond acceptors (Lipinski definition) is 4. The number of ether oxygens (including phenoxy) is 1. The largest absolute Gasteiger partial charge is 0.461 e. The van der Waals surface area contributed by atoms with E-state index in [0.29, 0.717) is 26.9 Å². The molecular formula is C30H22F2NO3P. The zero-order valence-corrected chi connectivity index (χ0v) is 20.8. The summed E-state index contributed by atoms with van der Waals surface area (Å²) in [6, 6.07) is 27.2. The lowest BCUT2D eigenvalue weighted by Crippen LogP contribution is -2.29. The Morgan fingerprint density at radius 2 is 1.27 bits per heavy atom. The summed E-state index contributed by atoms with van der Waals surface area (Å²) in [5.41, 5.74) is 1.47. The Kier molecular flexibility index (Phi) is 6.68. The maximum Gasteiger partial charge on any atom is 0.357 e. The van der Waals surface area contributed by atoms with Crippen molar-refractivity contribution in [2.24, 2.45) is 0 Å². The Morgan fingerprint density at radius 3 is 1.81 bits per heavy atom. The average molecular weight is 513 g/mol. The van der Waals surface area contributed by atoms with Gasteiger partial charge in [-0.15, -0.1) is 0 Å². The molecule has 5 aromatic rings. The van der Waals surface area contributed by atoms with Gasteiger partial charge in [0, 0.05) is 21.6 Å². The third kappa shape index (κ3) is 4.45. The minimum Gasteiger partial charge on any atom is -0.461 e. The third-order valence-corrected chi connectivity index (χ3v) is 9.09. The second-order valence-electron chi connectivity index (χ2n) is 8.35. The van der Waals surface area contributed by atoms with Crippen molar-refractivity contribution >= 4 is 39.9 Å². The second kappa shape index (κ2) is 10.1. The van der Waals surface area contributed by atoms with Crippen LogP contribution in [-0.2, 0) is 9.30 Å². The lowest BCUT2D eigenvalue weighted by Gasteiger charge is -2.23. The molecule has 4 aromatic carbocycles. The van der Waals surface area contributed by atoms with Gasteiger partial charge < -0.3 is 9.30 Å². The van der Waals surface area contributed by atoms with Gasteiger partial charge in [-0.2, -0.15) is 0 Å².